The third-order valence-electron chi connectivity index (χ3n) is 4.18. The lowest BCUT2D eigenvalue weighted by Crippen LogP contribution is -2.48. The number of carbonyl (C=O) groups excluding carboxylic acids is 1. The van der Waals surface area contributed by atoms with Gasteiger partial charge in [0.1, 0.15) is 5.75 Å². The van der Waals surface area contributed by atoms with Crippen LogP contribution in [0.2, 0.25) is 0 Å². The molecule has 0 aliphatic heterocycles. The smallest absolute Gasteiger partial charge is 0.239 e. The van der Waals surface area contributed by atoms with Gasteiger partial charge >= 0.3 is 0 Å². The van der Waals surface area contributed by atoms with E-state index in [1.807, 2.05) is 24.1 Å². The SMILES string of the molecule is CN(C(=O)[C@@H](N)Cc1ccc(O)cc1)C1CCCCC1. The van der Waals surface area contributed by atoms with E-state index in [4.69, 9.17) is 5.73 Å². The van der Waals surface area contributed by atoms with Crippen molar-refractivity contribution in [3.8, 4) is 5.75 Å². The number of aromatic hydroxyl groups is 1. The van der Waals surface area contributed by atoms with Crippen molar-refractivity contribution in [3.63, 3.8) is 0 Å². The summed E-state index contributed by atoms with van der Waals surface area (Å²) in [6, 6.07) is 6.70. The highest BCUT2D eigenvalue weighted by Crippen LogP contribution is 2.22. The van der Waals surface area contributed by atoms with Crippen LogP contribution in [0.5, 0.6) is 5.75 Å². The molecule has 0 saturated heterocycles. The first kappa shape index (κ1) is 14.9. The Bertz CT molecular complexity index is 438. The number of nitrogens with two attached hydrogens (primary N) is 1. The van der Waals surface area contributed by atoms with Gasteiger partial charge in [0, 0.05) is 13.1 Å². The average molecular weight is 276 g/mol. The van der Waals surface area contributed by atoms with Crippen LogP contribution in [0, 0.1) is 0 Å². The van der Waals surface area contributed by atoms with E-state index in [-0.39, 0.29) is 11.7 Å². The van der Waals surface area contributed by atoms with Gasteiger partial charge in [-0.2, -0.15) is 0 Å². The van der Waals surface area contributed by atoms with Crippen LogP contribution in [-0.2, 0) is 11.2 Å². The number of benzene rings is 1. The molecule has 0 bridgehead atoms. The van der Waals surface area contributed by atoms with Gasteiger partial charge in [-0.25, -0.2) is 0 Å². The normalized spacial score (nSPS) is 17.7. The van der Waals surface area contributed by atoms with Crippen molar-refractivity contribution in [1.82, 2.24) is 4.90 Å². The predicted octanol–water partition coefficient (Wildman–Crippen LogP) is 2.05. The van der Waals surface area contributed by atoms with Gasteiger partial charge in [0.2, 0.25) is 5.91 Å². The van der Waals surface area contributed by atoms with Gasteiger partial charge in [0.15, 0.2) is 0 Å². The Kier molecular flexibility index (Phi) is 5.01. The van der Waals surface area contributed by atoms with Crippen LogP contribution < -0.4 is 5.73 Å². The molecule has 3 N–H and O–H groups in total. The van der Waals surface area contributed by atoms with Crippen LogP contribution in [0.15, 0.2) is 24.3 Å². The molecule has 20 heavy (non-hydrogen) atoms. The summed E-state index contributed by atoms with van der Waals surface area (Å²) >= 11 is 0. The zero-order chi connectivity index (χ0) is 14.5. The fourth-order valence-corrected chi connectivity index (χ4v) is 2.88. The van der Waals surface area contributed by atoms with Gasteiger partial charge in [-0.1, -0.05) is 31.4 Å². The topological polar surface area (TPSA) is 66.6 Å². The minimum absolute atomic E-state index is 0.0185. The molecule has 2 rings (SSSR count). The summed E-state index contributed by atoms with van der Waals surface area (Å²) in [7, 11) is 1.87. The molecular formula is C16H24N2O2. The molecule has 1 fully saturated rings. The number of phenolic OH excluding ortho intramolecular Hbond substituents is 1. The van der Waals surface area contributed by atoms with Crippen molar-refractivity contribution in [2.24, 2.45) is 5.73 Å². The number of rotatable bonds is 4. The van der Waals surface area contributed by atoms with Crippen molar-refractivity contribution in [2.75, 3.05) is 7.05 Å². The molecule has 110 valence electrons. The van der Waals surface area contributed by atoms with Crippen LogP contribution in [0.25, 0.3) is 0 Å². The van der Waals surface area contributed by atoms with E-state index >= 15 is 0 Å². The molecule has 4 nitrogen and oxygen atoms in total. The zero-order valence-corrected chi connectivity index (χ0v) is 12.1. The van der Waals surface area contributed by atoms with Crippen molar-refractivity contribution >= 4 is 5.91 Å². The average Bonchev–Trinajstić information content (AvgIpc) is 2.49. The second-order valence-electron chi connectivity index (χ2n) is 5.72. The molecule has 0 heterocycles. The standard InChI is InChI=1S/C16H24N2O2/c1-18(13-5-3-2-4-6-13)16(20)15(17)11-12-7-9-14(19)10-8-12/h7-10,13,15,19H,2-6,11,17H2,1H3/t15-/m0/s1. The molecule has 4 heteroatoms. The Morgan fingerprint density at radius 2 is 1.90 bits per heavy atom. The molecule has 0 unspecified atom stereocenters. The number of likely N-dealkylation sites (N-methyl/N-ethyl adjacent to an activating group) is 1. The quantitative estimate of drug-likeness (QED) is 0.884. The minimum atomic E-state index is -0.508. The first-order chi connectivity index (χ1) is 9.58. The fourth-order valence-electron chi connectivity index (χ4n) is 2.88. The first-order valence-corrected chi connectivity index (χ1v) is 7.38. The molecular weight excluding hydrogens is 252 g/mol. The van der Waals surface area contributed by atoms with E-state index < -0.39 is 6.04 Å². The van der Waals surface area contributed by atoms with E-state index in [9.17, 15) is 9.90 Å². The summed E-state index contributed by atoms with van der Waals surface area (Å²) in [5.41, 5.74) is 7.01. The summed E-state index contributed by atoms with van der Waals surface area (Å²) in [5.74, 6) is 0.248. The van der Waals surface area contributed by atoms with Gasteiger partial charge < -0.3 is 15.7 Å². The van der Waals surface area contributed by atoms with Crippen molar-refractivity contribution in [2.45, 2.75) is 50.6 Å². The molecule has 1 aromatic carbocycles. The monoisotopic (exact) mass is 276 g/mol. The molecule has 1 atom stereocenters. The lowest BCUT2D eigenvalue weighted by atomic mass is 9.94. The number of nitrogens with zero attached hydrogens (tertiary/aromatic N) is 1. The molecule has 0 radical (unpaired) electrons. The Balaban J connectivity index is 1.92. The van der Waals surface area contributed by atoms with E-state index in [1.165, 1.54) is 19.3 Å². The maximum Gasteiger partial charge on any atom is 0.239 e. The molecule has 1 saturated carbocycles. The van der Waals surface area contributed by atoms with Crippen LogP contribution >= 0.6 is 0 Å². The maximum atomic E-state index is 12.4. The Hall–Kier alpha value is -1.55. The molecule has 1 aromatic rings. The lowest BCUT2D eigenvalue weighted by Gasteiger charge is -2.32. The van der Waals surface area contributed by atoms with E-state index in [1.54, 1.807) is 12.1 Å². The van der Waals surface area contributed by atoms with Gasteiger partial charge in [-0.3, -0.25) is 4.79 Å². The van der Waals surface area contributed by atoms with Gasteiger partial charge in [0.25, 0.3) is 0 Å². The highest BCUT2D eigenvalue weighted by atomic mass is 16.3. The fraction of sp³-hybridized carbons (Fsp3) is 0.562. The summed E-state index contributed by atoms with van der Waals surface area (Å²) < 4.78 is 0. The van der Waals surface area contributed by atoms with Crippen molar-refractivity contribution in [3.05, 3.63) is 29.8 Å². The van der Waals surface area contributed by atoms with Crippen LogP contribution in [0.4, 0.5) is 0 Å². The summed E-state index contributed by atoms with van der Waals surface area (Å²) in [6.45, 7) is 0. The molecule has 1 aliphatic carbocycles. The maximum absolute atomic E-state index is 12.4. The number of phenols is 1. The second-order valence-corrected chi connectivity index (χ2v) is 5.72. The first-order valence-electron chi connectivity index (χ1n) is 7.38. The van der Waals surface area contributed by atoms with Gasteiger partial charge in [0.05, 0.1) is 6.04 Å². The number of hydrogen-bond donors (Lipinski definition) is 2. The highest BCUT2D eigenvalue weighted by Gasteiger charge is 2.25. The lowest BCUT2D eigenvalue weighted by molar-refractivity contribution is -0.133. The Labute approximate surface area is 120 Å². The Morgan fingerprint density at radius 1 is 1.30 bits per heavy atom. The third kappa shape index (κ3) is 3.73. The van der Waals surface area contributed by atoms with Crippen LogP contribution in [-0.4, -0.2) is 35.0 Å². The van der Waals surface area contributed by atoms with E-state index in [2.05, 4.69) is 0 Å². The number of hydrogen-bond acceptors (Lipinski definition) is 3. The zero-order valence-electron chi connectivity index (χ0n) is 12.1. The van der Waals surface area contributed by atoms with Crippen LogP contribution in [0.1, 0.15) is 37.7 Å². The van der Waals surface area contributed by atoms with Crippen molar-refractivity contribution < 1.29 is 9.90 Å². The number of carbonyl (C=O) groups is 1. The van der Waals surface area contributed by atoms with E-state index in [0.717, 1.165) is 18.4 Å². The molecule has 0 aromatic heterocycles. The predicted molar refractivity (Wildman–Crippen MR) is 79.4 cm³/mol. The highest BCUT2D eigenvalue weighted by molar-refractivity contribution is 5.82. The number of amides is 1. The van der Waals surface area contributed by atoms with Crippen molar-refractivity contribution in [1.29, 1.82) is 0 Å². The van der Waals surface area contributed by atoms with Crippen LogP contribution in [0.3, 0.4) is 0 Å². The Morgan fingerprint density at radius 3 is 2.50 bits per heavy atom. The van der Waals surface area contributed by atoms with Gasteiger partial charge in [-0.15, -0.1) is 0 Å². The molecule has 0 spiro atoms. The molecule has 1 aliphatic rings. The third-order valence-corrected chi connectivity index (χ3v) is 4.18. The van der Waals surface area contributed by atoms with Gasteiger partial charge in [-0.05, 0) is 37.0 Å². The molecule has 1 amide bonds. The minimum Gasteiger partial charge on any atom is -0.508 e. The summed E-state index contributed by atoms with van der Waals surface area (Å²) in [6.07, 6.45) is 6.38. The summed E-state index contributed by atoms with van der Waals surface area (Å²) in [5, 5.41) is 9.25. The summed E-state index contributed by atoms with van der Waals surface area (Å²) in [4.78, 5) is 14.2. The van der Waals surface area contributed by atoms with E-state index in [0.29, 0.717) is 12.5 Å². The largest absolute Gasteiger partial charge is 0.508 e. The second kappa shape index (κ2) is 6.75.